The fraction of sp³-hybridized carbons (Fsp3) is 0.833. The zero-order chi connectivity index (χ0) is 13.3. The van der Waals surface area contributed by atoms with Gasteiger partial charge in [-0.25, -0.2) is 0 Å². The van der Waals surface area contributed by atoms with Gasteiger partial charge >= 0.3 is 0 Å². The van der Waals surface area contributed by atoms with Gasteiger partial charge in [0.15, 0.2) is 0 Å². The molecule has 0 aliphatic carbocycles. The Morgan fingerprint density at radius 1 is 1.35 bits per heavy atom. The van der Waals surface area contributed by atoms with E-state index in [1.807, 2.05) is 34.6 Å². The van der Waals surface area contributed by atoms with Crippen LogP contribution in [0.1, 0.15) is 58.8 Å². The molecule has 0 saturated carbocycles. The monoisotopic (exact) mass is 241 g/mol. The van der Waals surface area contributed by atoms with Crippen molar-refractivity contribution in [2.75, 3.05) is 7.11 Å². The summed E-state index contributed by atoms with van der Waals surface area (Å²) in [5, 5.41) is 3.97. The van der Waals surface area contributed by atoms with Crippen molar-refractivity contribution in [1.29, 1.82) is 0 Å². The molecule has 0 fully saturated rings. The largest absolute Gasteiger partial charge is 0.370 e. The maximum atomic E-state index is 6.07. The normalized spacial score (nSPS) is 17.8. The van der Waals surface area contributed by atoms with E-state index < -0.39 is 5.60 Å². The molecule has 1 heterocycles. The van der Waals surface area contributed by atoms with E-state index in [1.54, 1.807) is 7.11 Å². The van der Waals surface area contributed by atoms with E-state index >= 15 is 0 Å². The van der Waals surface area contributed by atoms with Crippen molar-refractivity contribution in [2.24, 2.45) is 11.1 Å². The molecule has 98 valence electrons. The van der Waals surface area contributed by atoms with Crippen molar-refractivity contribution < 1.29 is 9.26 Å². The van der Waals surface area contributed by atoms with Crippen LogP contribution in [0.3, 0.4) is 0 Å². The van der Waals surface area contributed by atoms with Crippen LogP contribution in [0.4, 0.5) is 0 Å². The topological polar surface area (TPSA) is 74.2 Å². The third-order valence-corrected chi connectivity index (χ3v) is 3.24. The minimum atomic E-state index is -0.515. The van der Waals surface area contributed by atoms with Crippen LogP contribution in [0, 0.1) is 5.41 Å². The van der Waals surface area contributed by atoms with Gasteiger partial charge in [-0.15, -0.1) is 0 Å². The molecule has 1 unspecified atom stereocenters. The van der Waals surface area contributed by atoms with E-state index in [9.17, 15) is 0 Å². The van der Waals surface area contributed by atoms with Gasteiger partial charge in [-0.3, -0.25) is 0 Å². The van der Waals surface area contributed by atoms with Gasteiger partial charge in [0.1, 0.15) is 5.60 Å². The van der Waals surface area contributed by atoms with Gasteiger partial charge in [0.25, 0.3) is 0 Å². The Bertz CT molecular complexity index is 364. The van der Waals surface area contributed by atoms with Crippen LogP contribution in [-0.4, -0.2) is 17.3 Å². The standard InChI is InChI=1S/C12H23N3O2/c1-7-12(5,16-6)10-14-9(17-15-10)8(13)11(2,3)4/h8H,7,13H2,1-6H3/t8-,12?/m1/s1. The van der Waals surface area contributed by atoms with E-state index in [0.29, 0.717) is 11.7 Å². The summed E-state index contributed by atoms with van der Waals surface area (Å²) < 4.78 is 10.7. The van der Waals surface area contributed by atoms with Gasteiger partial charge in [0.05, 0.1) is 6.04 Å². The van der Waals surface area contributed by atoms with Crippen LogP contribution in [0.5, 0.6) is 0 Å². The Labute approximate surface area is 103 Å². The van der Waals surface area contributed by atoms with E-state index in [4.69, 9.17) is 15.0 Å². The average molecular weight is 241 g/mol. The lowest BCUT2D eigenvalue weighted by Gasteiger charge is -2.24. The number of ether oxygens (including phenoxy) is 1. The first-order valence-corrected chi connectivity index (χ1v) is 5.89. The summed E-state index contributed by atoms with van der Waals surface area (Å²) in [6.45, 7) is 10.1. The first-order chi connectivity index (χ1) is 7.74. The number of aromatic nitrogens is 2. The first kappa shape index (κ1) is 14.1. The highest BCUT2D eigenvalue weighted by Gasteiger charge is 2.33. The number of hydrogen-bond acceptors (Lipinski definition) is 5. The Balaban J connectivity index is 3.00. The van der Waals surface area contributed by atoms with Crippen LogP contribution in [-0.2, 0) is 10.3 Å². The summed E-state index contributed by atoms with van der Waals surface area (Å²) in [5.41, 5.74) is 5.45. The van der Waals surface area contributed by atoms with Crippen molar-refractivity contribution in [3.05, 3.63) is 11.7 Å². The van der Waals surface area contributed by atoms with Crippen LogP contribution in [0.2, 0.25) is 0 Å². The predicted octanol–water partition coefficient (Wildman–Crippen LogP) is 2.39. The zero-order valence-corrected chi connectivity index (χ0v) is 11.6. The third-order valence-electron chi connectivity index (χ3n) is 3.24. The van der Waals surface area contributed by atoms with E-state index in [-0.39, 0.29) is 11.5 Å². The molecule has 0 aliphatic heterocycles. The fourth-order valence-electron chi connectivity index (χ4n) is 1.34. The van der Waals surface area contributed by atoms with Gasteiger partial charge in [0.2, 0.25) is 11.7 Å². The number of rotatable bonds is 4. The third kappa shape index (κ3) is 2.84. The second kappa shape index (κ2) is 4.74. The van der Waals surface area contributed by atoms with Gasteiger partial charge < -0.3 is 15.0 Å². The molecule has 0 spiro atoms. The predicted molar refractivity (Wildman–Crippen MR) is 65.3 cm³/mol. The SMILES string of the molecule is CCC(C)(OC)c1noc([C@@H](N)C(C)(C)C)n1. The highest BCUT2D eigenvalue weighted by atomic mass is 16.5. The van der Waals surface area contributed by atoms with Crippen LogP contribution in [0.15, 0.2) is 4.52 Å². The summed E-state index contributed by atoms with van der Waals surface area (Å²) >= 11 is 0. The Morgan fingerprint density at radius 2 is 1.94 bits per heavy atom. The van der Waals surface area contributed by atoms with Crippen LogP contribution in [0.25, 0.3) is 0 Å². The van der Waals surface area contributed by atoms with Crippen LogP contribution < -0.4 is 5.73 Å². The zero-order valence-electron chi connectivity index (χ0n) is 11.6. The van der Waals surface area contributed by atoms with E-state index in [1.165, 1.54) is 0 Å². The summed E-state index contributed by atoms with van der Waals surface area (Å²) in [6.07, 6.45) is 0.771. The minimum Gasteiger partial charge on any atom is -0.370 e. The lowest BCUT2D eigenvalue weighted by atomic mass is 9.87. The van der Waals surface area contributed by atoms with E-state index in [2.05, 4.69) is 10.1 Å². The maximum Gasteiger partial charge on any atom is 0.244 e. The molecule has 1 aromatic rings. The molecule has 2 N–H and O–H groups in total. The Kier molecular flexibility index (Phi) is 3.94. The molecule has 0 radical (unpaired) electrons. The summed E-state index contributed by atoms with van der Waals surface area (Å²) in [6, 6.07) is -0.276. The number of nitrogens with two attached hydrogens (primary N) is 1. The van der Waals surface area contributed by atoms with Gasteiger partial charge in [-0.2, -0.15) is 4.98 Å². The van der Waals surface area contributed by atoms with E-state index in [0.717, 1.165) is 6.42 Å². The molecule has 0 aromatic carbocycles. The maximum absolute atomic E-state index is 6.07. The number of nitrogens with zero attached hydrogens (tertiary/aromatic N) is 2. The molecule has 1 aromatic heterocycles. The van der Waals surface area contributed by atoms with Gasteiger partial charge in [-0.1, -0.05) is 32.9 Å². The van der Waals surface area contributed by atoms with Crippen molar-refractivity contribution in [2.45, 2.75) is 52.7 Å². The van der Waals surface area contributed by atoms with Crippen molar-refractivity contribution in [3.63, 3.8) is 0 Å². The molecule has 0 amide bonds. The molecule has 0 saturated heterocycles. The van der Waals surface area contributed by atoms with Crippen molar-refractivity contribution >= 4 is 0 Å². The smallest absolute Gasteiger partial charge is 0.244 e. The number of hydrogen-bond donors (Lipinski definition) is 1. The highest BCUT2D eigenvalue weighted by Crippen LogP contribution is 2.31. The first-order valence-electron chi connectivity index (χ1n) is 5.89. The lowest BCUT2D eigenvalue weighted by molar-refractivity contribution is -0.0106. The summed E-state index contributed by atoms with van der Waals surface area (Å²) in [7, 11) is 1.64. The second-order valence-corrected chi connectivity index (χ2v) is 5.59. The van der Waals surface area contributed by atoms with Gasteiger partial charge in [0, 0.05) is 7.11 Å². The molecule has 0 bridgehead atoms. The molecule has 5 heteroatoms. The minimum absolute atomic E-state index is 0.112. The van der Waals surface area contributed by atoms with Gasteiger partial charge in [-0.05, 0) is 18.8 Å². The Hall–Kier alpha value is -0.940. The molecule has 17 heavy (non-hydrogen) atoms. The average Bonchev–Trinajstić information content (AvgIpc) is 2.75. The lowest BCUT2D eigenvalue weighted by Crippen LogP contribution is -2.28. The summed E-state index contributed by atoms with van der Waals surface area (Å²) in [5.74, 6) is 1.02. The molecular weight excluding hydrogens is 218 g/mol. The number of methoxy groups -OCH3 is 1. The molecular formula is C12H23N3O2. The van der Waals surface area contributed by atoms with Crippen molar-refractivity contribution in [1.82, 2.24) is 10.1 Å². The quantitative estimate of drug-likeness (QED) is 0.876. The van der Waals surface area contributed by atoms with Crippen LogP contribution >= 0.6 is 0 Å². The fourth-order valence-corrected chi connectivity index (χ4v) is 1.34. The summed E-state index contributed by atoms with van der Waals surface area (Å²) in [4.78, 5) is 4.36. The molecule has 2 atom stereocenters. The molecule has 0 aliphatic rings. The Morgan fingerprint density at radius 3 is 2.35 bits per heavy atom. The highest BCUT2D eigenvalue weighted by molar-refractivity contribution is 5.02. The molecule has 5 nitrogen and oxygen atoms in total. The van der Waals surface area contributed by atoms with Crippen molar-refractivity contribution in [3.8, 4) is 0 Å². The second-order valence-electron chi connectivity index (χ2n) is 5.59. The molecule has 1 rings (SSSR count).